The van der Waals surface area contributed by atoms with E-state index in [2.05, 4.69) is 5.32 Å². The number of nitrogens with one attached hydrogen (secondary N) is 1. The number of benzene rings is 2. The highest BCUT2D eigenvalue weighted by Crippen LogP contribution is 2.23. The Morgan fingerprint density at radius 2 is 1.92 bits per heavy atom. The second-order valence-corrected chi connectivity index (χ2v) is 5.61. The van der Waals surface area contributed by atoms with Crippen molar-refractivity contribution in [3.05, 3.63) is 59.6 Å². The van der Waals surface area contributed by atoms with Crippen molar-refractivity contribution in [1.82, 2.24) is 5.32 Å². The molecule has 0 bridgehead atoms. The molecule has 0 saturated carbocycles. The number of amides is 2. The molecule has 3 rings (SSSR count). The molecule has 124 valence electrons. The number of nitrogens with zero attached hydrogens (tertiary/aromatic N) is 1. The molecule has 0 radical (unpaired) electrons. The Hall–Kier alpha value is -2.73. The molecule has 6 nitrogen and oxygen atoms in total. The smallest absolute Gasteiger partial charge is 0.414 e. The topological polar surface area (TPSA) is 67.9 Å². The molecule has 0 aliphatic carbocycles. The molecule has 7 heteroatoms. The number of carbonyl (C=O) groups is 2. The Balaban J connectivity index is 1.51. The van der Waals surface area contributed by atoms with Gasteiger partial charge in [-0.1, -0.05) is 29.8 Å². The third-order valence-electron chi connectivity index (χ3n) is 3.44. The summed E-state index contributed by atoms with van der Waals surface area (Å²) >= 11 is 5.84. The quantitative estimate of drug-likeness (QED) is 0.920. The highest BCUT2D eigenvalue weighted by molar-refractivity contribution is 6.30. The molecule has 1 atom stereocenters. The van der Waals surface area contributed by atoms with Crippen molar-refractivity contribution in [3.8, 4) is 5.75 Å². The van der Waals surface area contributed by atoms with Crippen molar-refractivity contribution in [1.29, 1.82) is 0 Å². The third-order valence-corrected chi connectivity index (χ3v) is 3.69. The Morgan fingerprint density at radius 1 is 1.21 bits per heavy atom. The van der Waals surface area contributed by atoms with Crippen LogP contribution in [0.1, 0.15) is 0 Å². The minimum Gasteiger partial charge on any atom is -0.442 e. The SMILES string of the molecule is O=C(NCC1CN(c2ccc(Cl)cc2)C(=O)O1)Oc1ccccc1. The van der Waals surface area contributed by atoms with Crippen molar-refractivity contribution in [3.63, 3.8) is 0 Å². The van der Waals surface area contributed by atoms with Gasteiger partial charge in [-0.2, -0.15) is 0 Å². The maximum Gasteiger partial charge on any atom is 0.414 e. The summed E-state index contributed by atoms with van der Waals surface area (Å²) < 4.78 is 10.3. The van der Waals surface area contributed by atoms with Crippen molar-refractivity contribution < 1.29 is 19.1 Å². The van der Waals surface area contributed by atoms with E-state index in [1.807, 2.05) is 6.07 Å². The van der Waals surface area contributed by atoms with E-state index in [9.17, 15) is 9.59 Å². The molecule has 1 saturated heterocycles. The van der Waals surface area contributed by atoms with Crippen LogP contribution in [0.15, 0.2) is 54.6 Å². The molecule has 24 heavy (non-hydrogen) atoms. The van der Waals surface area contributed by atoms with Crippen LogP contribution in [0.25, 0.3) is 0 Å². The normalized spacial score (nSPS) is 16.6. The number of hydrogen-bond acceptors (Lipinski definition) is 4. The van der Waals surface area contributed by atoms with E-state index >= 15 is 0 Å². The van der Waals surface area contributed by atoms with Gasteiger partial charge in [-0.3, -0.25) is 4.90 Å². The Labute approximate surface area is 143 Å². The maximum atomic E-state index is 11.9. The molecule has 1 unspecified atom stereocenters. The van der Waals surface area contributed by atoms with Crippen LogP contribution in [0.2, 0.25) is 5.02 Å². The van der Waals surface area contributed by atoms with E-state index < -0.39 is 18.3 Å². The lowest BCUT2D eigenvalue weighted by atomic mass is 10.2. The molecule has 0 aromatic heterocycles. The van der Waals surface area contributed by atoms with Gasteiger partial charge in [0.1, 0.15) is 11.9 Å². The van der Waals surface area contributed by atoms with Crippen LogP contribution in [-0.2, 0) is 4.74 Å². The molecule has 1 N–H and O–H groups in total. The lowest BCUT2D eigenvalue weighted by Gasteiger charge is -2.13. The van der Waals surface area contributed by atoms with Crippen molar-refractivity contribution in [2.75, 3.05) is 18.0 Å². The maximum absolute atomic E-state index is 11.9. The first-order chi connectivity index (χ1) is 11.6. The number of cyclic esters (lactones) is 1. The largest absolute Gasteiger partial charge is 0.442 e. The average molecular weight is 347 g/mol. The second-order valence-electron chi connectivity index (χ2n) is 5.18. The predicted octanol–water partition coefficient (Wildman–Crippen LogP) is 3.45. The van der Waals surface area contributed by atoms with Gasteiger partial charge in [0.05, 0.1) is 13.1 Å². The molecular weight excluding hydrogens is 332 g/mol. The molecule has 2 aromatic rings. The van der Waals surface area contributed by atoms with Gasteiger partial charge in [-0.05, 0) is 36.4 Å². The van der Waals surface area contributed by atoms with Crippen LogP contribution in [0.3, 0.4) is 0 Å². The molecule has 2 amide bonds. The first-order valence-corrected chi connectivity index (χ1v) is 7.74. The lowest BCUT2D eigenvalue weighted by Crippen LogP contribution is -2.36. The number of hydrogen-bond donors (Lipinski definition) is 1. The zero-order chi connectivity index (χ0) is 16.9. The summed E-state index contributed by atoms with van der Waals surface area (Å²) in [5.74, 6) is 0.446. The summed E-state index contributed by atoms with van der Waals surface area (Å²) in [6.07, 6.45) is -1.50. The summed E-state index contributed by atoms with van der Waals surface area (Å²) in [4.78, 5) is 25.2. The van der Waals surface area contributed by atoms with Crippen molar-refractivity contribution >= 4 is 29.5 Å². The number of anilines is 1. The molecule has 1 aliphatic heterocycles. The molecule has 0 spiro atoms. The van der Waals surface area contributed by atoms with Gasteiger partial charge < -0.3 is 14.8 Å². The van der Waals surface area contributed by atoms with Gasteiger partial charge in [-0.25, -0.2) is 9.59 Å². The minimum absolute atomic E-state index is 0.168. The number of ether oxygens (including phenoxy) is 2. The number of halogens is 1. The summed E-state index contributed by atoms with van der Waals surface area (Å²) in [6, 6.07) is 15.6. The summed E-state index contributed by atoms with van der Waals surface area (Å²) in [5, 5.41) is 3.18. The van der Waals surface area contributed by atoms with Gasteiger partial charge in [0.2, 0.25) is 0 Å². The zero-order valence-corrected chi connectivity index (χ0v) is 13.4. The Morgan fingerprint density at radius 3 is 2.62 bits per heavy atom. The van der Waals surface area contributed by atoms with Gasteiger partial charge in [0.15, 0.2) is 0 Å². The highest BCUT2D eigenvalue weighted by Gasteiger charge is 2.32. The fourth-order valence-electron chi connectivity index (χ4n) is 2.29. The van der Waals surface area contributed by atoms with Crippen LogP contribution >= 0.6 is 11.6 Å². The van der Waals surface area contributed by atoms with E-state index in [4.69, 9.17) is 21.1 Å². The summed E-state index contributed by atoms with van der Waals surface area (Å²) in [6.45, 7) is 0.508. The third kappa shape index (κ3) is 3.97. The van der Waals surface area contributed by atoms with Gasteiger partial charge in [-0.15, -0.1) is 0 Å². The van der Waals surface area contributed by atoms with E-state index in [-0.39, 0.29) is 6.54 Å². The van der Waals surface area contributed by atoms with Crippen LogP contribution in [0, 0.1) is 0 Å². The number of carbonyl (C=O) groups excluding carboxylic acids is 2. The fourth-order valence-corrected chi connectivity index (χ4v) is 2.41. The summed E-state index contributed by atoms with van der Waals surface area (Å²) in [5.41, 5.74) is 0.693. The van der Waals surface area contributed by atoms with Crippen LogP contribution < -0.4 is 15.0 Å². The van der Waals surface area contributed by atoms with E-state index in [1.165, 1.54) is 4.90 Å². The highest BCUT2D eigenvalue weighted by atomic mass is 35.5. The monoisotopic (exact) mass is 346 g/mol. The first-order valence-electron chi connectivity index (χ1n) is 7.36. The molecule has 2 aromatic carbocycles. The average Bonchev–Trinajstić information content (AvgIpc) is 2.95. The van der Waals surface area contributed by atoms with Crippen molar-refractivity contribution in [2.45, 2.75) is 6.10 Å². The van der Waals surface area contributed by atoms with Crippen LogP contribution in [-0.4, -0.2) is 31.4 Å². The summed E-state index contributed by atoms with van der Waals surface area (Å²) in [7, 11) is 0. The van der Waals surface area contributed by atoms with Gasteiger partial charge in [0.25, 0.3) is 0 Å². The number of rotatable bonds is 4. The Kier molecular flexibility index (Phi) is 4.86. The second kappa shape index (κ2) is 7.23. The molecule has 1 fully saturated rings. The minimum atomic E-state index is -0.595. The van der Waals surface area contributed by atoms with Crippen LogP contribution in [0.5, 0.6) is 5.75 Å². The molecule has 1 aliphatic rings. The Bertz CT molecular complexity index is 721. The number of para-hydroxylation sites is 1. The molecular formula is C17H15ClN2O4. The van der Waals surface area contributed by atoms with Crippen molar-refractivity contribution in [2.24, 2.45) is 0 Å². The van der Waals surface area contributed by atoms with Gasteiger partial charge in [0, 0.05) is 10.7 Å². The predicted molar refractivity (Wildman–Crippen MR) is 89.5 cm³/mol. The zero-order valence-electron chi connectivity index (χ0n) is 12.6. The fraction of sp³-hybridized carbons (Fsp3) is 0.176. The van der Waals surface area contributed by atoms with Crippen LogP contribution in [0.4, 0.5) is 15.3 Å². The standard InChI is InChI=1S/C17H15ClN2O4/c18-12-6-8-13(9-7-12)20-11-15(24-17(20)22)10-19-16(21)23-14-4-2-1-3-5-14/h1-9,15H,10-11H2,(H,19,21). The van der Waals surface area contributed by atoms with E-state index in [0.29, 0.717) is 23.0 Å². The van der Waals surface area contributed by atoms with E-state index in [0.717, 1.165) is 0 Å². The van der Waals surface area contributed by atoms with E-state index in [1.54, 1.807) is 48.5 Å². The first kappa shape index (κ1) is 16.1. The lowest BCUT2D eigenvalue weighted by molar-refractivity contribution is 0.137. The molecule has 1 heterocycles. The van der Waals surface area contributed by atoms with Gasteiger partial charge >= 0.3 is 12.2 Å².